The Balaban J connectivity index is 1.48. The zero-order chi connectivity index (χ0) is 17.7. The molecule has 2 nitrogen and oxygen atoms in total. The summed E-state index contributed by atoms with van der Waals surface area (Å²) in [4.78, 5) is 0. The minimum atomic E-state index is -0.541. The molecular weight excluding hydrogens is 376 g/mol. The molecule has 4 aliphatic carbocycles. The Hall–Kier alpha value is 0.400. The van der Waals surface area contributed by atoms with E-state index in [0.717, 1.165) is 48.3 Å². The minimum Gasteiger partial charge on any atom is -0.387 e. The maximum Gasteiger partial charge on any atom is 0.0882 e. The molecule has 0 heterocycles. The lowest BCUT2D eigenvalue weighted by molar-refractivity contribution is -0.124. The van der Waals surface area contributed by atoms with Gasteiger partial charge in [0.15, 0.2) is 0 Å². The van der Waals surface area contributed by atoms with Gasteiger partial charge in [-0.25, -0.2) is 0 Å². The molecule has 4 fully saturated rings. The number of hydrogen-bond donors (Lipinski definition) is 1. The number of halogens is 1. The van der Waals surface area contributed by atoms with Crippen LogP contribution in [0.4, 0.5) is 0 Å². The lowest BCUT2D eigenvalue weighted by atomic mass is 9.49. The number of alkyl halides is 1. The number of aliphatic hydroxyl groups is 1. The molecular formula is C22H37BrO2. The maximum absolute atomic E-state index is 10.9. The van der Waals surface area contributed by atoms with E-state index in [0.29, 0.717) is 12.0 Å². The van der Waals surface area contributed by atoms with Gasteiger partial charge in [0.1, 0.15) is 0 Å². The van der Waals surface area contributed by atoms with Gasteiger partial charge in [0, 0.05) is 12.4 Å². The standard InChI is InChI=1S/C22H37BrO2/c1-21-10-7-18-17-8-11-22(24,14-25-2)13-15(17)3-5-19(18)20(21)6-4-16(21)9-12-23/h15-20,24H,3-14H2,1-2H3/t15-,16-,17+,18-,19-,20+,21-,22-/m1/s1. The van der Waals surface area contributed by atoms with Crippen LogP contribution in [0.1, 0.15) is 71.1 Å². The third kappa shape index (κ3) is 3.14. The van der Waals surface area contributed by atoms with Crippen molar-refractivity contribution in [1.82, 2.24) is 0 Å². The fraction of sp³-hybridized carbons (Fsp3) is 1.00. The van der Waals surface area contributed by atoms with Crippen LogP contribution in [0.3, 0.4) is 0 Å². The van der Waals surface area contributed by atoms with Crippen molar-refractivity contribution in [2.45, 2.75) is 76.7 Å². The molecule has 0 spiro atoms. The van der Waals surface area contributed by atoms with E-state index in [9.17, 15) is 5.11 Å². The largest absolute Gasteiger partial charge is 0.387 e. The predicted molar refractivity (Wildman–Crippen MR) is 106 cm³/mol. The van der Waals surface area contributed by atoms with E-state index in [4.69, 9.17) is 4.74 Å². The molecule has 1 N–H and O–H groups in total. The summed E-state index contributed by atoms with van der Waals surface area (Å²) in [5.74, 6) is 5.50. The fourth-order valence-corrected chi connectivity index (χ4v) is 8.63. The normalized spacial score (nSPS) is 52.3. The van der Waals surface area contributed by atoms with Gasteiger partial charge >= 0.3 is 0 Å². The number of hydrogen-bond acceptors (Lipinski definition) is 2. The summed E-state index contributed by atoms with van der Waals surface area (Å²) in [5, 5.41) is 12.0. The van der Waals surface area contributed by atoms with Crippen LogP contribution in [-0.4, -0.2) is 29.8 Å². The van der Waals surface area contributed by atoms with Crippen molar-refractivity contribution < 1.29 is 9.84 Å². The van der Waals surface area contributed by atoms with Crippen molar-refractivity contribution in [1.29, 1.82) is 0 Å². The van der Waals surface area contributed by atoms with Crippen LogP contribution in [0.25, 0.3) is 0 Å². The van der Waals surface area contributed by atoms with Crippen LogP contribution in [0.15, 0.2) is 0 Å². The Morgan fingerprint density at radius 2 is 1.80 bits per heavy atom. The summed E-state index contributed by atoms with van der Waals surface area (Å²) in [6, 6.07) is 0. The molecule has 3 heteroatoms. The molecule has 8 atom stereocenters. The van der Waals surface area contributed by atoms with Crippen LogP contribution < -0.4 is 0 Å². The van der Waals surface area contributed by atoms with Crippen molar-refractivity contribution >= 4 is 15.9 Å². The van der Waals surface area contributed by atoms with Crippen LogP contribution >= 0.6 is 15.9 Å². The average Bonchev–Trinajstić information content (AvgIpc) is 2.91. The van der Waals surface area contributed by atoms with Crippen molar-refractivity contribution in [3.05, 3.63) is 0 Å². The first kappa shape index (κ1) is 18.7. The molecule has 0 amide bonds. The third-order valence-corrected chi connectivity index (χ3v) is 9.63. The lowest BCUT2D eigenvalue weighted by Gasteiger charge is -2.57. The summed E-state index contributed by atoms with van der Waals surface area (Å²) in [5.41, 5.74) is 0.0769. The molecule has 0 unspecified atom stereocenters. The molecule has 0 radical (unpaired) electrons. The highest BCUT2D eigenvalue weighted by Crippen LogP contribution is 2.65. The molecule has 0 aromatic rings. The monoisotopic (exact) mass is 412 g/mol. The first-order chi connectivity index (χ1) is 12.0. The van der Waals surface area contributed by atoms with E-state index in [2.05, 4.69) is 22.9 Å². The first-order valence-corrected chi connectivity index (χ1v) is 11.9. The summed E-state index contributed by atoms with van der Waals surface area (Å²) < 4.78 is 5.32. The van der Waals surface area contributed by atoms with E-state index in [1.807, 2.05) is 0 Å². The van der Waals surface area contributed by atoms with Crippen LogP contribution in [-0.2, 0) is 4.74 Å². The van der Waals surface area contributed by atoms with Gasteiger partial charge in [-0.15, -0.1) is 0 Å². The zero-order valence-corrected chi connectivity index (χ0v) is 17.8. The highest BCUT2D eigenvalue weighted by Gasteiger charge is 2.57. The predicted octanol–water partition coefficient (Wildman–Crippen LogP) is 5.42. The van der Waals surface area contributed by atoms with E-state index in [1.165, 1.54) is 56.7 Å². The Labute approximate surface area is 162 Å². The highest BCUT2D eigenvalue weighted by atomic mass is 79.9. The van der Waals surface area contributed by atoms with Crippen molar-refractivity contribution in [2.75, 3.05) is 19.0 Å². The van der Waals surface area contributed by atoms with Gasteiger partial charge in [-0.3, -0.25) is 0 Å². The summed E-state index contributed by atoms with van der Waals surface area (Å²) in [6.07, 6.45) is 13.2. The van der Waals surface area contributed by atoms with Gasteiger partial charge in [-0.2, -0.15) is 0 Å². The van der Waals surface area contributed by atoms with Crippen LogP contribution in [0.2, 0.25) is 0 Å². The number of methoxy groups -OCH3 is 1. The second kappa shape index (κ2) is 7.09. The van der Waals surface area contributed by atoms with Gasteiger partial charge < -0.3 is 9.84 Å². The maximum atomic E-state index is 10.9. The minimum absolute atomic E-state index is 0.527. The molecule has 0 aromatic carbocycles. The van der Waals surface area contributed by atoms with Gasteiger partial charge in [0.25, 0.3) is 0 Å². The molecule has 4 saturated carbocycles. The summed E-state index contributed by atoms with van der Waals surface area (Å²) in [7, 11) is 1.73. The van der Waals surface area contributed by atoms with Crippen LogP contribution in [0, 0.1) is 40.9 Å². The molecule has 0 aromatic heterocycles. The van der Waals surface area contributed by atoms with Crippen molar-refractivity contribution in [3.63, 3.8) is 0 Å². The SMILES string of the molecule is COC[C@@]1(O)CC[C@H]2[C@H](CC[C@@H]3[C@@H]2CC[C@]2(C)[C@@H](CCBr)CC[C@@H]32)C1. The number of ether oxygens (including phenoxy) is 1. The second-order valence-electron chi connectivity index (χ2n) is 10.1. The van der Waals surface area contributed by atoms with E-state index < -0.39 is 5.60 Å². The van der Waals surface area contributed by atoms with Crippen molar-refractivity contribution in [3.8, 4) is 0 Å². The molecule has 25 heavy (non-hydrogen) atoms. The molecule has 144 valence electrons. The van der Waals surface area contributed by atoms with E-state index in [-0.39, 0.29) is 0 Å². The molecule has 4 aliphatic rings. The summed E-state index contributed by atoms with van der Waals surface area (Å²) >= 11 is 3.70. The molecule has 0 saturated heterocycles. The molecule has 4 rings (SSSR count). The zero-order valence-electron chi connectivity index (χ0n) is 16.2. The van der Waals surface area contributed by atoms with Gasteiger partial charge in [0.05, 0.1) is 12.2 Å². The smallest absolute Gasteiger partial charge is 0.0882 e. The van der Waals surface area contributed by atoms with Gasteiger partial charge in [0.2, 0.25) is 0 Å². The topological polar surface area (TPSA) is 29.5 Å². The Morgan fingerprint density at radius 3 is 2.56 bits per heavy atom. The summed E-state index contributed by atoms with van der Waals surface area (Å²) in [6.45, 7) is 3.16. The highest BCUT2D eigenvalue weighted by molar-refractivity contribution is 9.09. The fourth-order valence-electron chi connectivity index (χ4n) is 8.08. The van der Waals surface area contributed by atoms with Gasteiger partial charge in [-0.1, -0.05) is 22.9 Å². The molecule has 0 bridgehead atoms. The lowest BCUT2D eigenvalue weighted by Crippen LogP contribution is -2.51. The Bertz CT molecular complexity index is 483. The van der Waals surface area contributed by atoms with E-state index >= 15 is 0 Å². The van der Waals surface area contributed by atoms with E-state index in [1.54, 1.807) is 7.11 Å². The molecule has 0 aliphatic heterocycles. The third-order valence-electron chi connectivity index (χ3n) is 9.17. The Kier molecular flexibility index (Phi) is 5.32. The second-order valence-corrected chi connectivity index (χ2v) is 10.9. The first-order valence-electron chi connectivity index (χ1n) is 10.8. The quantitative estimate of drug-likeness (QED) is 0.624. The Morgan fingerprint density at radius 1 is 1.00 bits per heavy atom. The number of fused-ring (bicyclic) bond motifs is 5. The van der Waals surface area contributed by atoms with Gasteiger partial charge in [-0.05, 0) is 105 Å². The average molecular weight is 413 g/mol. The van der Waals surface area contributed by atoms with Crippen molar-refractivity contribution in [2.24, 2.45) is 40.9 Å². The van der Waals surface area contributed by atoms with Crippen LogP contribution in [0.5, 0.6) is 0 Å². The number of rotatable bonds is 4.